The maximum absolute atomic E-state index is 9.08. The molecule has 0 atom stereocenters. The van der Waals surface area contributed by atoms with Gasteiger partial charge in [0.1, 0.15) is 11.5 Å². The van der Waals surface area contributed by atoms with Gasteiger partial charge in [0.25, 0.3) is 0 Å². The van der Waals surface area contributed by atoms with Gasteiger partial charge in [-0.2, -0.15) is 0 Å². The molecule has 0 fully saturated rings. The first-order valence-electron chi connectivity index (χ1n) is 12.0. The highest BCUT2D eigenvalue weighted by molar-refractivity contribution is 7.85. The van der Waals surface area contributed by atoms with Crippen LogP contribution in [0, 0.1) is 0 Å². The van der Waals surface area contributed by atoms with E-state index >= 15 is 0 Å². The molecule has 0 aromatic heterocycles. The van der Waals surface area contributed by atoms with Crippen LogP contribution in [-0.2, 0) is 26.7 Å². The van der Waals surface area contributed by atoms with Gasteiger partial charge in [0.15, 0.2) is 0 Å². The lowest BCUT2D eigenvalue weighted by Crippen LogP contribution is -1.88. The molecule has 0 aliphatic rings. The Morgan fingerprint density at radius 2 is 0.971 bits per heavy atom. The molecule has 0 saturated heterocycles. The molecular formula is C26H40O7S2-2. The van der Waals surface area contributed by atoms with E-state index in [0.717, 1.165) is 11.5 Å². The smallest absolute Gasteiger partial charge is 0.127 e. The van der Waals surface area contributed by atoms with Crippen LogP contribution in [0.2, 0.25) is 0 Å². The van der Waals surface area contributed by atoms with Crippen molar-refractivity contribution in [1.82, 2.24) is 0 Å². The SMILES string of the molecule is CCCCCCCCCCCCc1ccc(Oc2ccccc2)cc1.CS(=O)(=O)[O-].CS(=O)(=O)[O-]. The number of rotatable bonds is 13. The Kier molecular flexibility index (Phi) is 18.2. The molecule has 7 nitrogen and oxygen atoms in total. The van der Waals surface area contributed by atoms with Crippen molar-refractivity contribution in [3.05, 3.63) is 60.2 Å². The summed E-state index contributed by atoms with van der Waals surface area (Å²) in [5, 5.41) is 0. The van der Waals surface area contributed by atoms with Crippen molar-refractivity contribution < 1.29 is 30.7 Å². The van der Waals surface area contributed by atoms with Crippen molar-refractivity contribution in [2.45, 2.75) is 77.6 Å². The maximum Gasteiger partial charge on any atom is 0.127 e. The molecule has 200 valence electrons. The van der Waals surface area contributed by atoms with Crippen molar-refractivity contribution >= 4 is 20.2 Å². The Morgan fingerprint density at radius 3 is 1.40 bits per heavy atom. The van der Waals surface area contributed by atoms with Crippen molar-refractivity contribution in [2.75, 3.05) is 12.5 Å². The molecule has 0 saturated carbocycles. The predicted molar refractivity (Wildman–Crippen MR) is 140 cm³/mol. The van der Waals surface area contributed by atoms with Gasteiger partial charge < -0.3 is 13.8 Å². The Labute approximate surface area is 212 Å². The fourth-order valence-corrected chi connectivity index (χ4v) is 3.17. The molecule has 9 heteroatoms. The van der Waals surface area contributed by atoms with Crippen LogP contribution in [0.5, 0.6) is 11.5 Å². The van der Waals surface area contributed by atoms with E-state index in [0.29, 0.717) is 12.5 Å². The second kappa shape index (κ2) is 19.3. The molecule has 0 aliphatic heterocycles. The summed E-state index contributed by atoms with van der Waals surface area (Å²) >= 11 is 0. The number of aryl methyl sites for hydroxylation is 1. The monoisotopic (exact) mass is 528 g/mol. The van der Waals surface area contributed by atoms with Crippen LogP contribution >= 0.6 is 0 Å². The third-order valence-corrected chi connectivity index (χ3v) is 4.72. The number of ether oxygens (including phenoxy) is 1. The minimum Gasteiger partial charge on any atom is -0.748 e. The molecule has 0 radical (unpaired) electrons. The molecule has 0 amide bonds. The number of hydrogen-bond donors (Lipinski definition) is 0. The Balaban J connectivity index is 0.000000975. The lowest BCUT2D eigenvalue weighted by atomic mass is 10.0. The molecule has 0 N–H and O–H groups in total. The van der Waals surface area contributed by atoms with E-state index in [4.69, 9.17) is 30.7 Å². The van der Waals surface area contributed by atoms with Crippen molar-refractivity contribution in [3.63, 3.8) is 0 Å². The Morgan fingerprint density at radius 1 is 0.600 bits per heavy atom. The van der Waals surface area contributed by atoms with E-state index in [1.807, 2.05) is 30.3 Å². The standard InChI is InChI=1S/C24H34O.2CH4O3S/c1-2-3-4-5-6-7-8-9-10-12-15-22-18-20-24(21-19-22)25-23-16-13-11-14-17-23;2*1-5(2,3)4/h11,13-14,16-21H,2-10,12,15H2,1H3;2*1H3,(H,2,3,4)/p-2. The summed E-state index contributed by atoms with van der Waals surface area (Å²) in [7, 11) is -7.83. The minimum absolute atomic E-state index is 0.604. The largest absolute Gasteiger partial charge is 0.748 e. The highest BCUT2D eigenvalue weighted by atomic mass is 32.2. The second-order valence-corrected chi connectivity index (χ2v) is 11.2. The highest BCUT2D eigenvalue weighted by Crippen LogP contribution is 2.22. The molecular weight excluding hydrogens is 488 g/mol. The van der Waals surface area contributed by atoms with Gasteiger partial charge >= 0.3 is 0 Å². The Hall–Kier alpha value is -1.94. The van der Waals surface area contributed by atoms with Crippen LogP contribution in [0.25, 0.3) is 0 Å². The molecule has 2 aromatic carbocycles. The molecule has 2 rings (SSSR count). The number of unbranched alkanes of at least 4 members (excludes halogenated alkanes) is 9. The summed E-state index contributed by atoms with van der Waals surface area (Å²) in [4.78, 5) is 0. The van der Waals surface area contributed by atoms with Crippen LogP contribution in [0.1, 0.15) is 76.7 Å². The zero-order valence-electron chi connectivity index (χ0n) is 21.1. The topological polar surface area (TPSA) is 124 Å². The average molecular weight is 529 g/mol. The zero-order chi connectivity index (χ0) is 26.6. The molecule has 0 aliphatic carbocycles. The fourth-order valence-electron chi connectivity index (χ4n) is 3.17. The van der Waals surface area contributed by atoms with Gasteiger partial charge in [-0.25, -0.2) is 16.8 Å². The van der Waals surface area contributed by atoms with Crippen molar-refractivity contribution in [2.24, 2.45) is 0 Å². The summed E-state index contributed by atoms with van der Waals surface area (Å²) in [6, 6.07) is 18.5. The lowest BCUT2D eigenvalue weighted by molar-refractivity contribution is 0.468. The van der Waals surface area contributed by atoms with Crippen LogP contribution < -0.4 is 4.74 Å². The minimum atomic E-state index is -3.92. The average Bonchev–Trinajstić information content (AvgIpc) is 2.75. The van der Waals surface area contributed by atoms with E-state index in [9.17, 15) is 0 Å². The van der Waals surface area contributed by atoms with E-state index < -0.39 is 20.2 Å². The molecule has 0 unspecified atom stereocenters. The summed E-state index contributed by atoms with van der Waals surface area (Å²) in [5.41, 5.74) is 1.42. The number of hydrogen-bond acceptors (Lipinski definition) is 7. The number of benzene rings is 2. The van der Waals surface area contributed by atoms with Crippen LogP contribution in [0.3, 0.4) is 0 Å². The van der Waals surface area contributed by atoms with Crippen molar-refractivity contribution in [1.29, 1.82) is 0 Å². The van der Waals surface area contributed by atoms with Crippen molar-refractivity contribution in [3.8, 4) is 11.5 Å². The van der Waals surface area contributed by atoms with E-state index in [-0.39, 0.29) is 0 Å². The first-order valence-corrected chi connectivity index (χ1v) is 15.7. The van der Waals surface area contributed by atoms with Gasteiger partial charge in [0.2, 0.25) is 0 Å². The third-order valence-electron chi connectivity index (χ3n) is 4.72. The summed E-state index contributed by atoms with van der Waals surface area (Å²) in [6.45, 7) is 2.28. The third kappa shape index (κ3) is 28.2. The normalized spacial score (nSPS) is 11.0. The second-order valence-electron chi connectivity index (χ2n) is 8.40. The first-order chi connectivity index (χ1) is 16.4. The predicted octanol–water partition coefficient (Wildman–Crippen LogP) is 6.27. The van der Waals surface area contributed by atoms with Gasteiger partial charge in [0.05, 0.1) is 20.2 Å². The van der Waals surface area contributed by atoms with E-state index in [2.05, 4.69) is 31.2 Å². The Bertz CT molecular complexity index is 926. The number of para-hydroxylation sites is 1. The quantitative estimate of drug-likeness (QED) is 0.222. The zero-order valence-corrected chi connectivity index (χ0v) is 22.8. The maximum atomic E-state index is 9.08. The van der Waals surface area contributed by atoms with Gasteiger partial charge in [-0.1, -0.05) is 95.0 Å². The van der Waals surface area contributed by atoms with Crippen LogP contribution in [0.15, 0.2) is 54.6 Å². The van der Waals surface area contributed by atoms with E-state index in [1.165, 1.54) is 76.2 Å². The highest BCUT2D eigenvalue weighted by Gasteiger charge is 1.98. The summed E-state index contributed by atoms with van der Waals surface area (Å²) in [5.74, 6) is 1.81. The van der Waals surface area contributed by atoms with Gasteiger partial charge in [0, 0.05) is 12.5 Å². The molecule has 2 aromatic rings. The van der Waals surface area contributed by atoms with Crippen LogP contribution in [-0.4, -0.2) is 38.5 Å². The van der Waals surface area contributed by atoms with E-state index in [1.54, 1.807) is 0 Å². The van der Waals surface area contributed by atoms with Gasteiger partial charge in [-0.15, -0.1) is 0 Å². The summed E-state index contributed by atoms with van der Waals surface area (Å²) < 4.78 is 60.3. The molecule has 0 heterocycles. The van der Waals surface area contributed by atoms with Crippen LogP contribution in [0.4, 0.5) is 0 Å². The molecule has 0 bridgehead atoms. The first kappa shape index (κ1) is 33.1. The summed E-state index contributed by atoms with van der Waals surface area (Å²) in [6.07, 6.45) is 16.3. The molecule has 0 spiro atoms. The fraction of sp³-hybridized carbons (Fsp3) is 0.538. The van der Waals surface area contributed by atoms with Gasteiger partial charge in [-0.3, -0.25) is 0 Å². The molecule has 35 heavy (non-hydrogen) atoms. The van der Waals surface area contributed by atoms with Gasteiger partial charge in [-0.05, 0) is 42.7 Å². The lowest BCUT2D eigenvalue weighted by Gasteiger charge is -2.07.